The Labute approximate surface area is 214 Å². The lowest BCUT2D eigenvalue weighted by Gasteiger charge is -2.35. The third-order valence-corrected chi connectivity index (χ3v) is 8.02. The highest BCUT2D eigenvalue weighted by atomic mass is 16.7. The Hall–Kier alpha value is -4.06. The first-order valence-corrected chi connectivity index (χ1v) is 12.2. The molecular weight excluding hydrogens is 496 g/mol. The van der Waals surface area contributed by atoms with Crippen molar-refractivity contribution in [2.45, 2.75) is 44.5 Å². The molecular formula is C27H24N2O9. The molecule has 0 saturated carbocycles. The number of nitrogens with two attached hydrogens (primary N) is 1. The van der Waals surface area contributed by atoms with Crippen LogP contribution in [0.3, 0.4) is 0 Å². The summed E-state index contributed by atoms with van der Waals surface area (Å²) in [6.45, 7) is 1.54. The SMILES string of the molecule is COC1CCC(O)c2c1oc1c(O)c3c4c(c1c2=O)OCOC4Cc1cc2cc(C)n(N)c(=O)c2c(O)c1-3. The second-order valence-electron chi connectivity index (χ2n) is 10.0. The van der Waals surface area contributed by atoms with Gasteiger partial charge in [-0.15, -0.1) is 0 Å². The molecule has 2 aromatic carbocycles. The van der Waals surface area contributed by atoms with E-state index in [9.17, 15) is 24.9 Å². The van der Waals surface area contributed by atoms with Crippen molar-refractivity contribution in [3.05, 3.63) is 60.9 Å². The van der Waals surface area contributed by atoms with Gasteiger partial charge in [0.15, 0.2) is 18.1 Å². The van der Waals surface area contributed by atoms with Crippen molar-refractivity contribution in [2.75, 3.05) is 19.7 Å². The van der Waals surface area contributed by atoms with Gasteiger partial charge in [-0.1, -0.05) is 0 Å². The number of nitrogens with zero attached hydrogens (tertiary/aromatic N) is 1. The first-order valence-electron chi connectivity index (χ1n) is 12.2. The zero-order chi connectivity index (χ0) is 26.6. The number of hydrogen-bond donors (Lipinski definition) is 4. The van der Waals surface area contributed by atoms with Crippen molar-refractivity contribution in [2.24, 2.45) is 0 Å². The van der Waals surface area contributed by atoms with Crippen LogP contribution >= 0.6 is 0 Å². The maximum absolute atomic E-state index is 13.8. The van der Waals surface area contributed by atoms with Crippen LogP contribution in [0.25, 0.3) is 32.9 Å². The summed E-state index contributed by atoms with van der Waals surface area (Å²) in [5.74, 6) is 5.43. The van der Waals surface area contributed by atoms with Gasteiger partial charge < -0.3 is 39.8 Å². The molecule has 2 aromatic heterocycles. The monoisotopic (exact) mass is 520 g/mol. The van der Waals surface area contributed by atoms with Gasteiger partial charge in [-0.25, -0.2) is 4.68 Å². The molecule has 2 aliphatic carbocycles. The minimum absolute atomic E-state index is 0.00402. The first kappa shape index (κ1) is 23.1. The fourth-order valence-corrected chi connectivity index (χ4v) is 6.22. The Kier molecular flexibility index (Phi) is 4.70. The smallest absolute Gasteiger partial charge is 0.280 e. The summed E-state index contributed by atoms with van der Waals surface area (Å²) < 4.78 is 24.3. The lowest BCUT2D eigenvalue weighted by molar-refractivity contribution is -0.0586. The van der Waals surface area contributed by atoms with Gasteiger partial charge in [-0.05, 0) is 42.8 Å². The number of phenolic OH excluding ortho intramolecular Hbond substituents is 2. The zero-order valence-electron chi connectivity index (χ0n) is 20.5. The average Bonchev–Trinajstić information content (AvgIpc) is 2.89. The molecule has 11 heteroatoms. The van der Waals surface area contributed by atoms with Crippen LogP contribution in [0.15, 0.2) is 26.1 Å². The summed E-state index contributed by atoms with van der Waals surface area (Å²) >= 11 is 0. The van der Waals surface area contributed by atoms with Crippen LogP contribution < -0.4 is 21.6 Å². The van der Waals surface area contributed by atoms with E-state index in [1.807, 2.05) is 0 Å². The number of aromatic nitrogens is 1. The van der Waals surface area contributed by atoms with Gasteiger partial charge in [0, 0.05) is 35.9 Å². The normalized spacial score (nSPS) is 21.6. The Morgan fingerprint density at radius 1 is 1.08 bits per heavy atom. The van der Waals surface area contributed by atoms with E-state index in [1.165, 1.54) is 7.11 Å². The maximum atomic E-state index is 13.8. The van der Waals surface area contributed by atoms with Crippen molar-refractivity contribution in [1.29, 1.82) is 0 Å². The molecule has 3 heterocycles. The molecule has 0 spiro atoms. The highest BCUT2D eigenvalue weighted by Gasteiger charge is 2.41. The summed E-state index contributed by atoms with van der Waals surface area (Å²) in [6.07, 6.45) is -1.22. The Morgan fingerprint density at radius 3 is 2.63 bits per heavy atom. The minimum Gasteiger partial charge on any atom is -0.506 e. The number of aliphatic hydroxyl groups is 1. The largest absolute Gasteiger partial charge is 0.506 e. The Balaban J connectivity index is 1.65. The van der Waals surface area contributed by atoms with Crippen LogP contribution in [-0.2, 0) is 15.9 Å². The van der Waals surface area contributed by atoms with Crippen LogP contribution in [0.5, 0.6) is 17.2 Å². The van der Waals surface area contributed by atoms with E-state index >= 15 is 0 Å². The van der Waals surface area contributed by atoms with Gasteiger partial charge in [0.05, 0.1) is 23.2 Å². The predicted octanol–water partition coefficient (Wildman–Crippen LogP) is 2.69. The van der Waals surface area contributed by atoms with Crippen molar-refractivity contribution in [3.63, 3.8) is 0 Å². The number of aryl methyl sites for hydroxylation is 1. The standard InChI is InChI=1S/C27H24N2O9/c1-9-5-10-6-11-7-14-18-19(15(11)21(31)16(10)27(34)29(9)28)23(33)26-20(25(18)37-8-36-14)22(32)17-12(30)3-4-13(35-2)24(17)38-26/h5-6,12-14,30-31,33H,3-4,7-8,28H2,1-2H3. The third-order valence-electron chi connectivity index (χ3n) is 8.02. The summed E-state index contributed by atoms with van der Waals surface area (Å²) in [6, 6.07) is 3.47. The molecule has 196 valence electrons. The molecule has 0 bridgehead atoms. The van der Waals surface area contributed by atoms with Crippen LogP contribution in [0.2, 0.25) is 0 Å². The number of benzene rings is 2. The number of rotatable bonds is 1. The van der Waals surface area contributed by atoms with Gasteiger partial charge in [0.25, 0.3) is 5.56 Å². The van der Waals surface area contributed by atoms with Crippen LogP contribution in [0.4, 0.5) is 0 Å². The summed E-state index contributed by atoms with van der Waals surface area (Å²) in [5.41, 5.74) is 0.656. The van der Waals surface area contributed by atoms with Crippen molar-refractivity contribution in [1.82, 2.24) is 4.68 Å². The summed E-state index contributed by atoms with van der Waals surface area (Å²) in [4.78, 5) is 26.8. The average molecular weight is 520 g/mol. The second-order valence-corrected chi connectivity index (χ2v) is 10.0. The van der Waals surface area contributed by atoms with E-state index in [1.54, 1.807) is 19.1 Å². The van der Waals surface area contributed by atoms with Crippen LogP contribution in [0.1, 0.15) is 59.3 Å². The number of ether oxygens (including phenoxy) is 3. The van der Waals surface area contributed by atoms with E-state index in [0.29, 0.717) is 41.5 Å². The Morgan fingerprint density at radius 2 is 1.87 bits per heavy atom. The molecule has 11 nitrogen and oxygen atoms in total. The number of fused-ring (bicyclic) bond motifs is 6. The van der Waals surface area contributed by atoms with Gasteiger partial charge in [0.2, 0.25) is 5.43 Å². The van der Waals surface area contributed by atoms with Crippen LogP contribution in [0, 0.1) is 6.92 Å². The van der Waals surface area contributed by atoms with E-state index in [2.05, 4.69) is 0 Å². The molecule has 4 aromatic rings. The highest BCUT2D eigenvalue weighted by molar-refractivity contribution is 6.04. The molecule has 0 saturated heterocycles. The first-order chi connectivity index (χ1) is 18.2. The van der Waals surface area contributed by atoms with Crippen LogP contribution in [-0.4, -0.2) is 33.9 Å². The zero-order valence-corrected chi connectivity index (χ0v) is 20.5. The Bertz CT molecular complexity index is 1840. The molecule has 0 amide bonds. The lowest BCUT2D eigenvalue weighted by atomic mass is 9.79. The highest BCUT2D eigenvalue weighted by Crippen LogP contribution is 2.57. The number of nitrogen functional groups attached to an aromatic ring is 1. The molecule has 38 heavy (non-hydrogen) atoms. The fourth-order valence-electron chi connectivity index (χ4n) is 6.22. The van der Waals surface area contributed by atoms with E-state index in [-0.39, 0.29) is 57.1 Å². The molecule has 3 aliphatic rings. The molecule has 3 unspecified atom stereocenters. The topological polar surface area (TPSA) is 167 Å². The quantitative estimate of drug-likeness (QED) is 0.274. The van der Waals surface area contributed by atoms with Gasteiger partial charge >= 0.3 is 0 Å². The summed E-state index contributed by atoms with van der Waals surface area (Å²) in [5, 5.41) is 34.3. The second kappa shape index (κ2) is 7.73. The van der Waals surface area contributed by atoms with E-state index in [0.717, 1.165) is 4.68 Å². The number of aliphatic hydroxyl groups excluding tert-OH is 1. The number of pyridine rings is 1. The number of hydrogen-bond acceptors (Lipinski definition) is 10. The maximum Gasteiger partial charge on any atom is 0.280 e. The van der Waals surface area contributed by atoms with Gasteiger partial charge in [0.1, 0.15) is 28.7 Å². The van der Waals surface area contributed by atoms with Crippen molar-refractivity contribution >= 4 is 21.7 Å². The number of phenols is 2. The number of aromatic hydroxyl groups is 2. The molecule has 5 N–H and O–H groups in total. The molecule has 0 fully saturated rings. The molecule has 0 radical (unpaired) electrons. The molecule has 3 atom stereocenters. The van der Waals surface area contributed by atoms with Crippen molar-refractivity contribution < 1.29 is 33.9 Å². The molecule has 1 aliphatic heterocycles. The van der Waals surface area contributed by atoms with Gasteiger partial charge in [-0.2, -0.15) is 0 Å². The third kappa shape index (κ3) is 2.78. The molecule has 7 rings (SSSR count). The lowest BCUT2D eigenvalue weighted by Crippen LogP contribution is -2.30. The van der Waals surface area contributed by atoms with E-state index < -0.39 is 35.0 Å². The van der Waals surface area contributed by atoms with Gasteiger partial charge in [-0.3, -0.25) is 9.59 Å². The minimum atomic E-state index is -1.06. The predicted molar refractivity (Wildman–Crippen MR) is 135 cm³/mol. The van der Waals surface area contributed by atoms with Crippen molar-refractivity contribution in [3.8, 4) is 28.4 Å². The number of methoxy groups -OCH3 is 1. The fraction of sp³-hybridized carbons (Fsp3) is 0.333. The summed E-state index contributed by atoms with van der Waals surface area (Å²) in [7, 11) is 1.48. The van der Waals surface area contributed by atoms with E-state index in [4.69, 9.17) is 24.5 Å².